The molecule has 2 heterocycles. The molecule has 0 unspecified atom stereocenters. The lowest BCUT2D eigenvalue weighted by Gasteiger charge is -2.19. The largest absolute Gasteiger partial charge is 0.417 e. The Hall–Kier alpha value is -3.34. The van der Waals surface area contributed by atoms with Crippen LogP contribution in [0.3, 0.4) is 0 Å². The van der Waals surface area contributed by atoms with E-state index < -0.39 is 6.09 Å². The van der Waals surface area contributed by atoms with Crippen molar-refractivity contribution in [2.24, 2.45) is 0 Å². The van der Waals surface area contributed by atoms with E-state index in [-0.39, 0.29) is 0 Å². The number of pyridine rings is 1. The summed E-state index contributed by atoms with van der Waals surface area (Å²) in [4.78, 5) is 18.8. The number of nitrogens with one attached hydrogen (secondary N) is 1. The first-order chi connectivity index (χ1) is 14.1. The van der Waals surface area contributed by atoms with Crippen molar-refractivity contribution in [3.05, 3.63) is 83.7 Å². The Kier molecular flexibility index (Phi) is 5.47. The predicted molar refractivity (Wildman–Crippen MR) is 116 cm³/mol. The van der Waals surface area contributed by atoms with Gasteiger partial charge >= 0.3 is 6.09 Å². The summed E-state index contributed by atoms with van der Waals surface area (Å²) in [5.41, 5.74) is 5.59. The zero-order chi connectivity index (χ0) is 20.2. The van der Waals surface area contributed by atoms with E-state index in [9.17, 15) is 4.79 Å². The van der Waals surface area contributed by atoms with Crippen molar-refractivity contribution in [2.45, 2.75) is 32.7 Å². The van der Waals surface area contributed by atoms with Gasteiger partial charge in [0.25, 0.3) is 0 Å². The molecule has 1 amide bonds. The van der Waals surface area contributed by atoms with Crippen LogP contribution in [0.25, 0.3) is 0 Å². The van der Waals surface area contributed by atoms with Gasteiger partial charge in [-0.1, -0.05) is 32.0 Å². The zero-order valence-electron chi connectivity index (χ0n) is 16.8. The molecule has 0 bridgehead atoms. The van der Waals surface area contributed by atoms with Crippen molar-refractivity contribution in [3.63, 3.8) is 0 Å². The van der Waals surface area contributed by atoms with Gasteiger partial charge in [-0.25, -0.2) is 4.79 Å². The number of rotatable bonds is 5. The number of benzene rings is 2. The van der Waals surface area contributed by atoms with Crippen LogP contribution in [0, 0.1) is 0 Å². The number of aromatic nitrogens is 1. The van der Waals surface area contributed by atoms with Crippen LogP contribution in [0.4, 0.5) is 16.2 Å². The van der Waals surface area contributed by atoms with Gasteiger partial charge in [0.1, 0.15) is 5.75 Å². The molecule has 5 nitrogen and oxygen atoms in total. The molecule has 0 saturated carbocycles. The number of fused-ring (bicyclic) bond motifs is 1. The fraction of sp³-hybridized carbons (Fsp3) is 0.250. The van der Waals surface area contributed by atoms with Crippen molar-refractivity contribution >= 4 is 17.5 Å². The first-order valence-corrected chi connectivity index (χ1v) is 9.94. The van der Waals surface area contributed by atoms with Gasteiger partial charge in [-0.15, -0.1) is 0 Å². The molecule has 1 aliphatic rings. The maximum absolute atomic E-state index is 12.3. The quantitative estimate of drug-likeness (QED) is 0.639. The first-order valence-electron chi connectivity index (χ1n) is 9.94. The standard InChI is InChI=1S/C24H25N3O2/c1-17(2)19-5-8-22(9-6-19)29-24(28)26-21-7-10-23-20(14-21)11-13-27(23)16-18-4-3-12-25-15-18/h3-10,12,14-15,17H,11,13,16H2,1-2H3,(H,26,28). The van der Waals surface area contributed by atoms with E-state index in [0.717, 1.165) is 25.2 Å². The predicted octanol–water partition coefficient (Wildman–Crippen LogP) is 5.38. The van der Waals surface area contributed by atoms with Crippen LogP contribution >= 0.6 is 0 Å². The minimum absolute atomic E-state index is 0.446. The minimum atomic E-state index is -0.479. The Morgan fingerprint density at radius 1 is 1.17 bits per heavy atom. The summed E-state index contributed by atoms with van der Waals surface area (Å²) in [5, 5.41) is 2.83. The molecule has 148 valence electrons. The Morgan fingerprint density at radius 3 is 2.72 bits per heavy atom. The first kappa shape index (κ1) is 19.0. The molecule has 0 spiro atoms. The van der Waals surface area contributed by atoms with E-state index in [2.05, 4.69) is 41.2 Å². The number of amides is 1. The van der Waals surface area contributed by atoms with Crippen LogP contribution in [0.1, 0.15) is 36.5 Å². The second-order valence-electron chi connectivity index (χ2n) is 7.61. The molecular weight excluding hydrogens is 362 g/mol. The fourth-order valence-corrected chi connectivity index (χ4v) is 3.60. The number of anilines is 2. The Labute approximate surface area is 171 Å². The van der Waals surface area contributed by atoms with Gasteiger partial charge in [-0.05, 0) is 65.4 Å². The smallest absolute Gasteiger partial charge is 0.410 e. The van der Waals surface area contributed by atoms with Gasteiger partial charge in [0.05, 0.1) is 0 Å². The highest BCUT2D eigenvalue weighted by atomic mass is 16.6. The lowest BCUT2D eigenvalue weighted by Crippen LogP contribution is -2.19. The minimum Gasteiger partial charge on any atom is -0.410 e. The lowest BCUT2D eigenvalue weighted by molar-refractivity contribution is 0.215. The van der Waals surface area contributed by atoms with Gasteiger partial charge < -0.3 is 9.64 Å². The van der Waals surface area contributed by atoms with Crippen molar-refractivity contribution in [1.29, 1.82) is 0 Å². The monoisotopic (exact) mass is 387 g/mol. The molecule has 0 saturated heterocycles. The van der Waals surface area contributed by atoms with E-state index >= 15 is 0 Å². The molecule has 3 aromatic rings. The highest BCUT2D eigenvalue weighted by molar-refractivity contribution is 5.87. The highest BCUT2D eigenvalue weighted by Gasteiger charge is 2.20. The van der Waals surface area contributed by atoms with Gasteiger partial charge in [-0.3, -0.25) is 10.3 Å². The summed E-state index contributed by atoms with van der Waals surface area (Å²) < 4.78 is 5.41. The lowest BCUT2D eigenvalue weighted by atomic mass is 10.0. The van der Waals surface area contributed by atoms with E-state index in [1.54, 1.807) is 6.20 Å². The topological polar surface area (TPSA) is 54.5 Å². The Bertz CT molecular complexity index is 985. The Balaban J connectivity index is 1.38. The van der Waals surface area contributed by atoms with Crippen LogP contribution in [0.15, 0.2) is 67.0 Å². The molecule has 4 rings (SSSR count). The van der Waals surface area contributed by atoms with Crippen LogP contribution in [0.5, 0.6) is 5.75 Å². The van der Waals surface area contributed by atoms with Crippen LogP contribution < -0.4 is 15.0 Å². The third kappa shape index (κ3) is 4.57. The van der Waals surface area contributed by atoms with Gasteiger partial charge in [0.15, 0.2) is 0 Å². The second kappa shape index (κ2) is 8.35. The molecular formula is C24H25N3O2. The SMILES string of the molecule is CC(C)c1ccc(OC(=O)Nc2ccc3c(c2)CCN3Cc2cccnc2)cc1. The van der Waals surface area contributed by atoms with Gasteiger partial charge in [0, 0.05) is 36.9 Å². The number of carbonyl (C=O) groups is 1. The Morgan fingerprint density at radius 2 is 2.00 bits per heavy atom. The van der Waals surface area contributed by atoms with Crippen LogP contribution in [-0.2, 0) is 13.0 Å². The van der Waals surface area contributed by atoms with E-state index in [1.165, 1.54) is 22.4 Å². The van der Waals surface area contributed by atoms with Crippen molar-refractivity contribution < 1.29 is 9.53 Å². The third-order valence-electron chi connectivity index (χ3n) is 5.17. The molecule has 1 aromatic heterocycles. The molecule has 1 aliphatic heterocycles. The molecule has 0 aliphatic carbocycles. The maximum Gasteiger partial charge on any atom is 0.417 e. The highest BCUT2D eigenvalue weighted by Crippen LogP contribution is 2.31. The average molecular weight is 387 g/mol. The van der Waals surface area contributed by atoms with E-state index in [1.807, 2.05) is 48.7 Å². The summed E-state index contributed by atoms with van der Waals surface area (Å²) >= 11 is 0. The van der Waals surface area contributed by atoms with Crippen molar-refractivity contribution in [2.75, 3.05) is 16.8 Å². The summed E-state index contributed by atoms with van der Waals surface area (Å²) in [5.74, 6) is 0.984. The molecule has 0 atom stereocenters. The van der Waals surface area contributed by atoms with Crippen molar-refractivity contribution in [3.8, 4) is 5.75 Å². The van der Waals surface area contributed by atoms with Crippen LogP contribution in [-0.4, -0.2) is 17.6 Å². The molecule has 29 heavy (non-hydrogen) atoms. The number of hydrogen-bond donors (Lipinski definition) is 1. The molecule has 1 N–H and O–H groups in total. The summed E-state index contributed by atoms with van der Waals surface area (Å²) in [6, 6.07) is 17.7. The fourth-order valence-electron chi connectivity index (χ4n) is 3.60. The van der Waals surface area contributed by atoms with E-state index in [0.29, 0.717) is 11.7 Å². The zero-order valence-corrected chi connectivity index (χ0v) is 16.8. The molecule has 2 aromatic carbocycles. The van der Waals surface area contributed by atoms with Gasteiger partial charge in [-0.2, -0.15) is 0 Å². The molecule has 0 fully saturated rings. The second-order valence-corrected chi connectivity index (χ2v) is 7.61. The molecule has 0 radical (unpaired) electrons. The number of ether oxygens (including phenoxy) is 1. The third-order valence-corrected chi connectivity index (χ3v) is 5.17. The number of nitrogens with zero attached hydrogens (tertiary/aromatic N) is 2. The van der Waals surface area contributed by atoms with Crippen LogP contribution in [0.2, 0.25) is 0 Å². The normalized spacial score (nSPS) is 12.7. The average Bonchev–Trinajstić information content (AvgIpc) is 3.11. The summed E-state index contributed by atoms with van der Waals surface area (Å²) in [7, 11) is 0. The summed E-state index contributed by atoms with van der Waals surface area (Å²) in [6.45, 7) is 6.06. The van der Waals surface area contributed by atoms with Gasteiger partial charge in [0.2, 0.25) is 0 Å². The van der Waals surface area contributed by atoms with E-state index in [4.69, 9.17) is 4.74 Å². The number of hydrogen-bond acceptors (Lipinski definition) is 4. The number of carbonyl (C=O) groups excluding carboxylic acids is 1. The molecule has 5 heteroatoms. The summed E-state index contributed by atoms with van der Waals surface area (Å²) in [6.07, 6.45) is 4.17. The maximum atomic E-state index is 12.3. The van der Waals surface area contributed by atoms with Crippen molar-refractivity contribution in [1.82, 2.24) is 4.98 Å².